The van der Waals surface area contributed by atoms with Crippen LogP contribution in [0.15, 0.2) is 36.0 Å². The van der Waals surface area contributed by atoms with Gasteiger partial charge in [-0.1, -0.05) is 12.1 Å². The molecule has 1 aromatic rings. The van der Waals surface area contributed by atoms with Gasteiger partial charge in [0.25, 0.3) is 0 Å². The number of anilines is 2. The molecular formula is C13H7F9N2O. The second-order valence-electron chi connectivity index (χ2n) is 4.94. The number of carbonyl (C=O) groups is 1. The molecule has 1 aliphatic rings. The summed E-state index contributed by atoms with van der Waals surface area (Å²) in [6.07, 6.45) is -7.15. The number of hydrogen-bond donors (Lipinski definition) is 2. The average molecular weight is 378 g/mol. The van der Waals surface area contributed by atoms with Crippen LogP contribution in [0.2, 0.25) is 0 Å². The zero-order valence-corrected chi connectivity index (χ0v) is 11.7. The molecule has 0 unspecified atom stereocenters. The van der Waals surface area contributed by atoms with E-state index in [0.29, 0.717) is 0 Å². The molecule has 138 valence electrons. The third kappa shape index (κ3) is 2.89. The highest BCUT2D eigenvalue weighted by Crippen LogP contribution is 2.55. The number of hydrogen-bond acceptors (Lipinski definition) is 2. The van der Waals surface area contributed by atoms with Crippen LogP contribution in [0, 0.1) is 0 Å². The maximum absolute atomic E-state index is 13.9. The standard InChI is InChI=1S/C13H7F9N2O/c14-10(15,11(16,17)12(18,19)13(20,21)22)8-5-9(25)24-7-4-2-1-3-6(7)23-8/h1-5,23H,(H,24,25). The summed E-state index contributed by atoms with van der Waals surface area (Å²) in [6, 6.07) is 4.74. The van der Waals surface area contributed by atoms with Crippen LogP contribution in [0.3, 0.4) is 0 Å². The van der Waals surface area contributed by atoms with E-state index in [2.05, 4.69) is 0 Å². The van der Waals surface area contributed by atoms with E-state index in [-0.39, 0.29) is 11.8 Å². The number of amides is 1. The van der Waals surface area contributed by atoms with Gasteiger partial charge in [0.1, 0.15) is 0 Å². The van der Waals surface area contributed by atoms with Crippen LogP contribution in [0.5, 0.6) is 0 Å². The number of alkyl halides is 9. The molecule has 0 atom stereocenters. The van der Waals surface area contributed by atoms with Crippen molar-refractivity contribution in [3.63, 3.8) is 0 Å². The van der Waals surface area contributed by atoms with Crippen molar-refractivity contribution < 1.29 is 44.3 Å². The predicted octanol–water partition coefficient (Wildman–Crippen LogP) is 4.40. The molecule has 0 saturated heterocycles. The van der Waals surface area contributed by atoms with Crippen molar-refractivity contribution in [2.45, 2.75) is 23.9 Å². The number of carbonyl (C=O) groups excluding carboxylic acids is 1. The molecule has 0 aromatic heterocycles. The average Bonchev–Trinajstić information content (AvgIpc) is 2.63. The van der Waals surface area contributed by atoms with E-state index in [1.54, 1.807) is 5.32 Å². The molecule has 1 aromatic carbocycles. The molecule has 25 heavy (non-hydrogen) atoms. The van der Waals surface area contributed by atoms with Crippen LogP contribution in [-0.2, 0) is 4.79 Å². The lowest BCUT2D eigenvalue weighted by molar-refractivity contribution is -0.389. The molecule has 0 saturated carbocycles. The van der Waals surface area contributed by atoms with Crippen LogP contribution in [0.4, 0.5) is 50.9 Å². The molecular weight excluding hydrogens is 371 g/mol. The van der Waals surface area contributed by atoms with Gasteiger partial charge in [-0.05, 0) is 12.1 Å². The zero-order chi connectivity index (χ0) is 19.3. The van der Waals surface area contributed by atoms with Crippen molar-refractivity contribution in [3.05, 3.63) is 36.0 Å². The Morgan fingerprint density at radius 2 is 1.20 bits per heavy atom. The summed E-state index contributed by atoms with van der Waals surface area (Å²) in [7, 11) is 0. The Bertz CT molecular complexity index is 724. The fourth-order valence-electron chi connectivity index (χ4n) is 1.90. The fourth-order valence-corrected chi connectivity index (χ4v) is 1.90. The first-order chi connectivity index (χ1) is 11.2. The Balaban J connectivity index is 2.53. The summed E-state index contributed by atoms with van der Waals surface area (Å²) in [5.74, 6) is -21.4. The van der Waals surface area contributed by atoms with E-state index < -0.39 is 41.2 Å². The molecule has 1 heterocycles. The maximum atomic E-state index is 13.9. The Morgan fingerprint density at radius 3 is 1.68 bits per heavy atom. The first-order valence-electron chi connectivity index (χ1n) is 6.31. The van der Waals surface area contributed by atoms with Gasteiger partial charge >= 0.3 is 23.9 Å². The highest BCUT2D eigenvalue weighted by Gasteiger charge is 2.82. The van der Waals surface area contributed by atoms with Crippen molar-refractivity contribution in [3.8, 4) is 0 Å². The molecule has 0 aliphatic carbocycles. The molecule has 3 nitrogen and oxygen atoms in total. The minimum Gasteiger partial charge on any atom is -0.352 e. The SMILES string of the molecule is O=C1C=C(C(F)(F)C(F)(F)C(F)(F)C(F)(F)F)Nc2ccccc2N1. The lowest BCUT2D eigenvalue weighted by Gasteiger charge is -2.34. The van der Waals surface area contributed by atoms with Crippen LogP contribution in [0.1, 0.15) is 0 Å². The van der Waals surface area contributed by atoms with Crippen molar-refractivity contribution in [1.82, 2.24) is 0 Å². The number of rotatable bonds is 3. The van der Waals surface area contributed by atoms with E-state index in [0.717, 1.165) is 12.1 Å². The van der Waals surface area contributed by atoms with Gasteiger partial charge in [-0.2, -0.15) is 39.5 Å². The Morgan fingerprint density at radius 1 is 0.720 bits per heavy atom. The Hall–Kier alpha value is -2.40. The van der Waals surface area contributed by atoms with Gasteiger partial charge in [0.15, 0.2) is 0 Å². The molecule has 1 amide bonds. The molecule has 12 heteroatoms. The minimum absolute atomic E-state index is 0.166. The quantitative estimate of drug-likeness (QED) is 0.766. The van der Waals surface area contributed by atoms with Crippen molar-refractivity contribution in [1.29, 1.82) is 0 Å². The number of benzene rings is 1. The second-order valence-corrected chi connectivity index (χ2v) is 4.94. The van der Waals surface area contributed by atoms with Gasteiger partial charge in [0.05, 0.1) is 17.1 Å². The minimum atomic E-state index is -7.05. The molecule has 2 N–H and O–H groups in total. The lowest BCUT2D eigenvalue weighted by Crippen LogP contribution is -2.62. The summed E-state index contributed by atoms with van der Waals surface area (Å²) < 4.78 is 117. The van der Waals surface area contributed by atoms with Gasteiger partial charge < -0.3 is 10.6 Å². The summed E-state index contributed by atoms with van der Waals surface area (Å²) in [6.45, 7) is 0. The monoisotopic (exact) mass is 378 g/mol. The fraction of sp³-hybridized carbons (Fsp3) is 0.308. The smallest absolute Gasteiger partial charge is 0.352 e. The van der Waals surface area contributed by atoms with Gasteiger partial charge in [-0.15, -0.1) is 0 Å². The van der Waals surface area contributed by atoms with Crippen molar-refractivity contribution >= 4 is 17.3 Å². The first kappa shape index (κ1) is 18.9. The van der Waals surface area contributed by atoms with E-state index >= 15 is 0 Å². The normalized spacial score (nSPS) is 16.4. The highest BCUT2D eigenvalue weighted by molar-refractivity contribution is 6.04. The van der Waals surface area contributed by atoms with E-state index in [1.807, 2.05) is 5.32 Å². The van der Waals surface area contributed by atoms with Crippen molar-refractivity contribution in [2.24, 2.45) is 0 Å². The predicted molar refractivity (Wildman–Crippen MR) is 67.7 cm³/mol. The molecule has 0 radical (unpaired) electrons. The largest absolute Gasteiger partial charge is 0.460 e. The van der Waals surface area contributed by atoms with Crippen LogP contribution < -0.4 is 10.6 Å². The maximum Gasteiger partial charge on any atom is 0.460 e. The van der Waals surface area contributed by atoms with Gasteiger partial charge in [-0.3, -0.25) is 4.79 Å². The number of para-hydroxylation sites is 2. The molecule has 0 fully saturated rings. The number of allylic oxidation sites excluding steroid dienone is 1. The summed E-state index contributed by atoms with van der Waals surface area (Å²) in [4.78, 5) is 11.5. The third-order valence-corrected chi connectivity index (χ3v) is 3.21. The lowest BCUT2D eigenvalue weighted by atomic mass is 10.0. The highest BCUT2D eigenvalue weighted by atomic mass is 19.4. The Labute approximate surface area is 133 Å². The van der Waals surface area contributed by atoms with E-state index in [9.17, 15) is 44.3 Å². The summed E-state index contributed by atoms with van der Waals surface area (Å²) >= 11 is 0. The second kappa shape index (κ2) is 5.56. The van der Waals surface area contributed by atoms with Crippen LogP contribution >= 0.6 is 0 Å². The molecule has 1 aliphatic heterocycles. The number of nitrogens with one attached hydrogen (secondary N) is 2. The van der Waals surface area contributed by atoms with E-state index in [4.69, 9.17) is 0 Å². The van der Waals surface area contributed by atoms with Gasteiger partial charge in [-0.25, -0.2) is 0 Å². The zero-order valence-electron chi connectivity index (χ0n) is 11.7. The van der Waals surface area contributed by atoms with Crippen LogP contribution in [-0.4, -0.2) is 29.9 Å². The van der Waals surface area contributed by atoms with Crippen LogP contribution in [0.25, 0.3) is 0 Å². The third-order valence-electron chi connectivity index (χ3n) is 3.21. The number of halogens is 9. The molecule has 0 spiro atoms. The van der Waals surface area contributed by atoms with Crippen molar-refractivity contribution in [2.75, 3.05) is 10.6 Å². The summed E-state index contributed by atoms with van der Waals surface area (Å²) in [5, 5.41) is 3.59. The Kier molecular flexibility index (Phi) is 4.21. The summed E-state index contributed by atoms with van der Waals surface area (Å²) in [5.41, 5.74) is -2.67. The molecule has 0 bridgehead atoms. The van der Waals surface area contributed by atoms with E-state index in [1.165, 1.54) is 12.1 Å². The van der Waals surface area contributed by atoms with Gasteiger partial charge in [0, 0.05) is 6.08 Å². The number of fused-ring (bicyclic) bond motifs is 1. The van der Waals surface area contributed by atoms with Gasteiger partial charge in [0.2, 0.25) is 5.91 Å². The first-order valence-corrected chi connectivity index (χ1v) is 6.31. The topological polar surface area (TPSA) is 41.1 Å². The molecule has 2 rings (SSSR count).